The van der Waals surface area contributed by atoms with Crippen LogP contribution in [0.5, 0.6) is 0 Å². The van der Waals surface area contributed by atoms with Gasteiger partial charge in [-0.1, -0.05) is 30.7 Å². The Kier molecular flexibility index (Phi) is 3.48. The fourth-order valence-electron chi connectivity index (χ4n) is 3.07. The number of benzene rings is 1. The zero-order chi connectivity index (χ0) is 13.6. The molecule has 0 aliphatic carbocycles. The Balaban J connectivity index is 2.42. The smallest absolute Gasteiger partial charge is 0.0663 e. The Morgan fingerprint density at radius 1 is 1.33 bits per heavy atom. The largest absolute Gasteiger partial charge is 0.390 e. The van der Waals surface area contributed by atoms with Crippen molar-refractivity contribution in [3.8, 4) is 0 Å². The minimum absolute atomic E-state index is 0.143. The van der Waals surface area contributed by atoms with Gasteiger partial charge in [-0.15, -0.1) is 0 Å². The van der Waals surface area contributed by atoms with Crippen molar-refractivity contribution in [2.75, 3.05) is 13.6 Å². The third kappa shape index (κ3) is 2.18. The van der Waals surface area contributed by atoms with Gasteiger partial charge < -0.3 is 5.11 Å². The van der Waals surface area contributed by atoms with Gasteiger partial charge in [0, 0.05) is 16.5 Å². The van der Waals surface area contributed by atoms with Crippen LogP contribution < -0.4 is 0 Å². The van der Waals surface area contributed by atoms with Crippen molar-refractivity contribution in [2.45, 2.75) is 38.8 Å². The normalized spacial score (nSPS) is 29.8. The minimum atomic E-state index is -0.706. The van der Waals surface area contributed by atoms with Crippen LogP contribution in [0.1, 0.15) is 38.8 Å². The highest BCUT2D eigenvalue weighted by atomic mass is 35.5. The summed E-state index contributed by atoms with van der Waals surface area (Å²) in [5.41, 5.74) is 0.376. The van der Waals surface area contributed by atoms with Gasteiger partial charge in [-0.3, -0.25) is 4.90 Å². The van der Waals surface area contributed by atoms with Gasteiger partial charge in [-0.05, 0) is 51.6 Å². The number of hydrogen-bond acceptors (Lipinski definition) is 2. The van der Waals surface area contributed by atoms with Crippen molar-refractivity contribution < 1.29 is 5.11 Å². The molecule has 2 rings (SSSR count). The highest BCUT2D eigenvalue weighted by Gasteiger charge is 2.51. The number of rotatable bonds is 2. The van der Waals surface area contributed by atoms with E-state index in [-0.39, 0.29) is 11.5 Å². The molecule has 1 heterocycles. The molecule has 0 saturated carbocycles. The number of likely N-dealkylation sites (tertiary alicyclic amines) is 1. The zero-order valence-corrected chi connectivity index (χ0v) is 12.3. The first kappa shape index (κ1) is 13.9. The SMILES string of the molecule is CN1CC[C@@](C)(C(C)(C)O)[C@H]1c1ccc(Cl)cc1. The van der Waals surface area contributed by atoms with E-state index in [1.807, 2.05) is 26.0 Å². The van der Waals surface area contributed by atoms with Gasteiger partial charge in [0.05, 0.1) is 5.60 Å². The molecular formula is C15H22ClNO. The lowest BCUT2D eigenvalue weighted by Crippen LogP contribution is -2.45. The minimum Gasteiger partial charge on any atom is -0.390 e. The summed E-state index contributed by atoms with van der Waals surface area (Å²) in [7, 11) is 2.12. The van der Waals surface area contributed by atoms with Crippen molar-refractivity contribution in [3.05, 3.63) is 34.9 Å². The second-order valence-corrected chi connectivity index (χ2v) is 6.60. The molecule has 1 aromatic carbocycles. The lowest BCUT2D eigenvalue weighted by Gasteiger charge is -2.43. The highest BCUT2D eigenvalue weighted by molar-refractivity contribution is 6.30. The first-order chi connectivity index (χ1) is 8.25. The van der Waals surface area contributed by atoms with Gasteiger partial charge in [-0.25, -0.2) is 0 Å². The summed E-state index contributed by atoms with van der Waals surface area (Å²) in [6.45, 7) is 7.01. The molecule has 100 valence electrons. The molecule has 0 unspecified atom stereocenters. The van der Waals surface area contributed by atoms with E-state index < -0.39 is 5.60 Å². The number of halogens is 1. The summed E-state index contributed by atoms with van der Waals surface area (Å²) in [5, 5.41) is 11.3. The summed E-state index contributed by atoms with van der Waals surface area (Å²) in [4.78, 5) is 2.32. The van der Waals surface area contributed by atoms with E-state index >= 15 is 0 Å². The van der Waals surface area contributed by atoms with Crippen LogP contribution in [0.2, 0.25) is 5.02 Å². The van der Waals surface area contributed by atoms with Gasteiger partial charge in [0.1, 0.15) is 0 Å². The molecule has 1 saturated heterocycles. The molecule has 1 fully saturated rings. The first-order valence-electron chi connectivity index (χ1n) is 6.44. The van der Waals surface area contributed by atoms with Crippen LogP contribution in [0, 0.1) is 5.41 Å². The number of aliphatic hydroxyl groups is 1. The van der Waals surface area contributed by atoms with Crippen molar-refractivity contribution in [2.24, 2.45) is 5.41 Å². The van der Waals surface area contributed by atoms with Crippen LogP contribution in [-0.4, -0.2) is 29.2 Å². The molecule has 18 heavy (non-hydrogen) atoms. The quantitative estimate of drug-likeness (QED) is 0.887. The van der Waals surface area contributed by atoms with Gasteiger partial charge in [-0.2, -0.15) is 0 Å². The van der Waals surface area contributed by atoms with E-state index in [0.29, 0.717) is 0 Å². The molecule has 0 bridgehead atoms. The summed E-state index contributed by atoms with van der Waals surface area (Å²) >= 11 is 5.95. The Morgan fingerprint density at radius 2 is 1.89 bits per heavy atom. The monoisotopic (exact) mass is 267 g/mol. The van der Waals surface area contributed by atoms with Crippen molar-refractivity contribution in [3.63, 3.8) is 0 Å². The summed E-state index contributed by atoms with van der Waals surface area (Å²) in [6, 6.07) is 8.22. The summed E-state index contributed by atoms with van der Waals surface area (Å²) in [5.74, 6) is 0. The summed E-state index contributed by atoms with van der Waals surface area (Å²) in [6.07, 6.45) is 1.00. The molecule has 2 nitrogen and oxygen atoms in total. The van der Waals surface area contributed by atoms with Crippen LogP contribution in [0.25, 0.3) is 0 Å². The second-order valence-electron chi connectivity index (χ2n) is 6.16. The predicted molar refractivity (Wildman–Crippen MR) is 75.8 cm³/mol. The molecule has 0 amide bonds. The van der Waals surface area contributed by atoms with E-state index in [1.165, 1.54) is 5.56 Å². The third-order valence-corrected chi connectivity index (χ3v) is 4.86. The third-order valence-electron chi connectivity index (χ3n) is 4.61. The lowest BCUT2D eigenvalue weighted by atomic mass is 9.68. The van der Waals surface area contributed by atoms with E-state index in [0.717, 1.165) is 18.0 Å². The number of nitrogens with zero attached hydrogens (tertiary/aromatic N) is 1. The Bertz CT molecular complexity index is 423. The van der Waals surface area contributed by atoms with Crippen LogP contribution >= 0.6 is 11.6 Å². The number of hydrogen-bond donors (Lipinski definition) is 1. The van der Waals surface area contributed by atoms with Gasteiger partial charge in [0.15, 0.2) is 0 Å². The van der Waals surface area contributed by atoms with Gasteiger partial charge in [0.2, 0.25) is 0 Å². The standard InChI is InChI=1S/C15H22ClNO/c1-14(2,18)15(3)9-10-17(4)13(15)11-5-7-12(16)8-6-11/h5-8,13,18H,9-10H2,1-4H3/t13-,15-/m1/s1. The molecule has 0 radical (unpaired) electrons. The lowest BCUT2D eigenvalue weighted by molar-refractivity contribution is -0.0628. The molecule has 1 aliphatic rings. The Labute approximate surface area is 115 Å². The van der Waals surface area contributed by atoms with Gasteiger partial charge in [0.25, 0.3) is 0 Å². The molecule has 3 heteroatoms. The van der Waals surface area contributed by atoms with E-state index in [9.17, 15) is 5.11 Å². The average Bonchev–Trinajstić information content (AvgIpc) is 2.57. The highest BCUT2D eigenvalue weighted by Crippen LogP contribution is 2.52. The summed E-state index contributed by atoms with van der Waals surface area (Å²) < 4.78 is 0. The fourth-order valence-corrected chi connectivity index (χ4v) is 3.19. The van der Waals surface area contributed by atoms with Crippen molar-refractivity contribution in [1.29, 1.82) is 0 Å². The molecular weight excluding hydrogens is 246 g/mol. The first-order valence-corrected chi connectivity index (χ1v) is 6.81. The maximum absolute atomic E-state index is 10.5. The molecule has 2 atom stereocenters. The zero-order valence-electron chi connectivity index (χ0n) is 11.6. The fraction of sp³-hybridized carbons (Fsp3) is 0.600. The Hall–Kier alpha value is -0.570. The topological polar surface area (TPSA) is 23.5 Å². The molecule has 1 aliphatic heterocycles. The van der Waals surface area contributed by atoms with Crippen LogP contribution in [0.4, 0.5) is 0 Å². The maximum Gasteiger partial charge on any atom is 0.0663 e. The van der Waals surface area contributed by atoms with Crippen molar-refractivity contribution in [1.82, 2.24) is 4.90 Å². The maximum atomic E-state index is 10.5. The molecule has 1 N–H and O–H groups in total. The second kappa shape index (κ2) is 4.52. The molecule has 1 aromatic rings. The van der Waals surface area contributed by atoms with E-state index in [2.05, 4.69) is 31.0 Å². The van der Waals surface area contributed by atoms with Crippen LogP contribution in [0.15, 0.2) is 24.3 Å². The average molecular weight is 268 g/mol. The van der Waals surface area contributed by atoms with Crippen LogP contribution in [-0.2, 0) is 0 Å². The van der Waals surface area contributed by atoms with Gasteiger partial charge >= 0.3 is 0 Å². The molecule has 0 spiro atoms. The van der Waals surface area contributed by atoms with E-state index in [1.54, 1.807) is 0 Å². The Morgan fingerprint density at radius 3 is 2.39 bits per heavy atom. The molecule has 0 aromatic heterocycles. The van der Waals surface area contributed by atoms with Crippen molar-refractivity contribution >= 4 is 11.6 Å². The van der Waals surface area contributed by atoms with Crippen LogP contribution in [0.3, 0.4) is 0 Å². The predicted octanol–water partition coefficient (Wildman–Crippen LogP) is 3.49. The van der Waals surface area contributed by atoms with E-state index in [4.69, 9.17) is 11.6 Å².